The number of hydrogen-bond acceptors (Lipinski definition) is 6. The molecule has 2 aromatic rings. The summed E-state index contributed by atoms with van der Waals surface area (Å²) in [5, 5.41) is 11.4. The highest BCUT2D eigenvalue weighted by Crippen LogP contribution is 2.33. The molecule has 1 unspecified atom stereocenters. The van der Waals surface area contributed by atoms with Crippen LogP contribution in [0.4, 0.5) is 0 Å². The van der Waals surface area contributed by atoms with Gasteiger partial charge in [0, 0.05) is 13.0 Å². The summed E-state index contributed by atoms with van der Waals surface area (Å²) in [5.41, 5.74) is 0.298. The molecule has 6 nitrogen and oxygen atoms in total. The van der Waals surface area contributed by atoms with E-state index in [0.717, 1.165) is 62.0 Å². The van der Waals surface area contributed by atoms with Crippen LogP contribution in [0.3, 0.4) is 0 Å². The Kier molecular flexibility index (Phi) is 12.1. The zero-order valence-electron chi connectivity index (χ0n) is 23.6. The standard InChI is InChI=1S/C32H46O6/c1-5-6-7-11-16-27(31(34)38-32(2,3)4)28(33)23-29(37-30-17-12-13-22-35-30)24-18-20-26(21-19-24)36-25-14-9-8-10-15-25/h8-10,14-15,18-21,27-30,33H,5-7,11-13,16-17,22-23H2,1-4H3/t27-,28-,29+,30?/m0/s1. The third kappa shape index (κ3) is 10.4. The molecular weight excluding hydrogens is 480 g/mol. The van der Waals surface area contributed by atoms with E-state index >= 15 is 0 Å². The Balaban J connectivity index is 1.76. The van der Waals surface area contributed by atoms with E-state index in [1.165, 1.54) is 0 Å². The minimum atomic E-state index is -0.902. The molecule has 1 N–H and O–H groups in total. The normalized spacial score (nSPS) is 18.4. The Morgan fingerprint density at radius 3 is 2.34 bits per heavy atom. The first kappa shape index (κ1) is 30.1. The van der Waals surface area contributed by atoms with Gasteiger partial charge in [-0.1, -0.05) is 62.9 Å². The molecule has 0 spiro atoms. The van der Waals surface area contributed by atoms with Gasteiger partial charge in [-0.3, -0.25) is 4.79 Å². The summed E-state index contributed by atoms with van der Waals surface area (Å²) in [5.74, 6) is 0.531. The van der Waals surface area contributed by atoms with Crippen LogP contribution in [0, 0.1) is 5.92 Å². The molecule has 6 heteroatoms. The van der Waals surface area contributed by atoms with Crippen LogP contribution in [0.5, 0.6) is 11.5 Å². The van der Waals surface area contributed by atoms with Crippen LogP contribution in [0.2, 0.25) is 0 Å². The van der Waals surface area contributed by atoms with Crippen LogP contribution in [0.25, 0.3) is 0 Å². The molecule has 4 atom stereocenters. The van der Waals surface area contributed by atoms with Gasteiger partial charge in [-0.2, -0.15) is 0 Å². The summed E-state index contributed by atoms with van der Waals surface area (Å²) >= 11 is 0. The lowest BCUT2D eigenvalue weighted by Crippen LogP contribution is -2.36. The highest BCUT2D eigenvalue weighted by molar-refractivity contribution is 5.73. The molecule has 1 aliphatic heterocycles. The lowest BCUT2D eigenvalue weighted by Gasteiger charge is -2.32. The van der Waals surface area contributed by atoms with Crippen molar-refractivity contribution in [3.8, 4) is 11.5 Å². The van der Waals surface area contributed by atoms with Gasteiger partial charge in [-0.15, -0.1) is 0 Å². The zero-order chi connectivity index (χ0) is 27.4. The van der Waals surface area contributed by atoms with E-state index in [2.05, 4.69) is 6.92 Å². The number of aliphatic hydroxyl groups excluding tert-OH is 1. The minimum Gasteiger partial charge on any atom is -0.460 e. The maximum Gasteiger partial charge on any atom is 0.312 e. The van der Waals surface area contributed by atoms with Crippen LogP contribution in [0.15, 0.2) is 54.6 Å². The van der Waals surface area contributed by atoms with E-state index in [1.807, 2.05) is 75.4 Å². The van der Waals surface area contributed by atoms with Crippen molar-refractivity contribution >= 4 is 5.97 Å². The predicted octanol–water partition coefficient (Wildman–Crippen LogP) is 7.74. The maximum absolute atomic E-state index is 13.1. The summed E-state index contributed by atoms with van der Waals surface area (Å²) in [6, 6.07) is 17.4. The lowest BCUT2D eigenvalue weighted by molar-refractivity contribution is -0.197. The second-order valence-electron chi connectivity index (χ2n) is 11.2. The quantitative estimate of drug-likeness (QED) is 0.200. The molecule has 2 aromatic carbocycles. The molecule has 0 saturated carbocycles. The van der Waals surface area contributed by atoms with E-state index < -0.39 is 23.7 Å². The van der Waals surface area contributed by atoms with Crippen LogP contribution in [-0.4, -0.2) is 35.7 Å². The molecular formula is C32H46O6. The van der Waals surface area contributed by atoms with Gasteiger partial charge in [-0.05, 0) is 76.3 Å². The number of ether oxygens (including phenoxy) is 4. The number of para-hydroxylation sites is 1. The Morgan fingerprint density at radius 1 is 1.00 bits per heavy atom. The number of carbonyl (C=O) groups excluding carboxylic acids is 1. The first-order valence-electron chi connectivity index (χ1n) is 14.3. The predicted molar refractivity (Wildman–Crippen MR) is 149 cm³/mol. The van der Waals surface area contributed by atoms with Gasteiger partial charge < -0.3 is 24.1 Å². The van der Waals surface area contributed by atoms with Gasteiger partial charge in [0.25, 0.3) is 0 Å². The van der Waals surface area contributed by atoms with Gasteiger partial charge in [0.2, 0.25) is 0 Å². The van der Waals surface area contributed by atoms with Crippen molar-refractivity contribution in [1.29, 1.82) is 0 Å². The molecule has 3 rings (SSSR count). The number of unbranched alkanes of at least 4 members (excludes halogenated alkanes) is 3. The average Bonchev–Trinajstić information content (AvgIpc) is 2.89. The SMILES string of the molecule is CCCCCC[C@H](C(=O)OC(C)(C)C)[C@@H](O)C[C@@H](OC1CCCCO1)c1ccc(Oc2ccccc2)cc1. The second kappa shape index (κ2) is 15.2. The fourth-order valence-corrected chi connectivity index (χ4v) is 4.67. The van der Waals surface area contributed by atoms with Gasteiger partial charge >= 0.3 is 5.97 Å². The van der Waals surface area contributed by atoms with Crippen molar-refractivity contribution in [2.45, 2.75) is 110 Å². The van der Waals surface area contributed by atoms with Crippen molar-refractivity contribution in [2.24, 2.45) is 5.92 Å². The Bertz CT molecular complexity index is 931. The van der Waals surface area contributed by atoms with Crippen LogP contribution in [0.1, 0.15) is 97.1 Å². The Labute approximate surface area is 228 Å². The molecule has 0 aliphatic carbocycles. The highest BCUT2D eigenvalue weighted by atomic mass is 16.7. The van der Waals surface area contributed by atoms with Crippen molar-refractivity contribution < 1.29 is 28.8 Å². The zero-order valence-corrected chi connectivity index (χ0v) is 23.6. The van der Waals surface area contributed by atoms with Gasteiger partial charge in [0.05, 0.1) is 18.1 Å². The number of rotatable bonds is 14. The van der Waals surface area contributed by atoms with E-state index in [9.17, 15) is 9.90 Å². The molecule has 0 radical (unpaired) electrons. The average molecular weight is 527 g/mol. The molecule has 1 heterocycles. The summed E-state index contributed by atoms with van der Waals surface area (Å²) in [7, 11) is 0. The van der Waals surface area contributed by atoms with Gasteiger partial charge in [0.15, 0.2) is 6.29 Å². The summed E-state index contributed by atoms with van der Waals surface area (Å²) in [6.45, 7) is 8.40. The molecule has 1 fully saturated rings. The number of aliphatic hydroxyl groups is 1. The molecule has 0 aromatic heterocycles. The lowest BCUT2D eigenvalue weighted by atomic mass is 9.89. The molecule has 210 valence electrons. The van der Waals surface area contributed by atoms with Crippen LogP contribution in [-0.2, 0) is 19.0 Å². The summed E-state index contributed by atoms with van der Waals surface area (Å²) in [6.07, 6.45) is 6.21. The van der Waals surface area contributed by atoms with E-state index in [0.29, 0.717) is 13.0 Å². The van der Waals surface area contributed by atoms with E-state index in [1.54, 1.807) is 0 Å². The first-order chi connectivity index (χ1) is 18.2. The van der Waals surface area contributed by atoms with E-state index in [4.69, 9.17) is 18.9 Å². The van der Waals surface area contributed by atoms with Crippen LogP contribution >= 0.6 is 0 Å². The number of benzene rings is 2. The van der Waals surface area contributed by atoms with Crippen molar-refractivity contribution in [1.82, 2.24) is 0 Å². The minimum absolute atomic E-state index is 0.274. The largest absolute Gasteiger partial charge is 0.460 e. The Hall–Kier alpha value is -2.41. The number of esters is 1. The van der Waals surface area contributed by atoms with Crippen molar-refractivity contribution in [3.05, 3.63) is 60.2 Å². The highest BCUT2D eigenvalue weighted by Gasteiger charge is 2.34. The van der Waals surface area contributed by atoms with E-state index in [-0.39, 0.29) is 18.7 Å². The summed E-state index contributed by atoms with van der Waals surface area (Å²) < 4.78 is 23.9. The molecule has 1 aliphatic rings. The van der Waals surface area contributed by atoms with Gasteiger partial charge in [0.1, 0.15) is 17.1 Å². The third-order valence-electron chi connectivity index (χ3n) is 6.68. The smallest absolute Gasteiger partial charge is 0.312 e. The molecule has 38 heavy (non-hydrogen) atoms. The van der Waals surface area contributed by atoms with Crippen molar-refractivity contribution in [2.75, 3.05) is 6.61 Å². The molecule has 0 bridgehead atoms. The third-order valence-corrected chi connectivity index (χ3v) is 6.68. The topological polar surface area (TPSA) is 74.2 Å². The molecule has 0 amide bonds. The maximum atomic E-state index is 13.1. The van der Waals surface area contributed by atoms with Crippen LogP contribution < -0.4 is 4.74 Å². The molecule has 1 saturated heterocycles. The first-order valence-corrected chi connectivity index (χ1v) is 14.3. The van der Waals surface area contributed by atoms with Crippen molar-refractivity contribution in [3.63, 3.8) is 0 Å². The Morgan fingerprint density at radius 2 is 1.71 bits per heavy atom. The fourth-order valence-electron chi connectivity index (χ4n) is 4.67. The fraction of sp³-hybridized carbons (Fsp3) is 0.594. The summed E-state index contributed by atoms with van der Waals surface area (Å²) in [4.78, 5) is 13.1. The number of carbonyl (C=O) groups is 1. The second-order valence-corrected chi connectivity index (χ2v) is 11.2. The number of hydrogen-bond donors (Lipinski definition) is 1. The van der Waals surface area contributed by atoms with Gasteiger partial charge in [-0.25, -0.2) is 0 Å². The monoisotopic (exact) mass is 526 g/mol.